The van der Waals surface area contributed by atoms with E-state index in [1.165, 1.54) is 4.90 Å². The van der Waals surface area contributed by atoms with Gasteiger partial charge in [-0.05, 0) is 42.9 Å². The van der Waals surface area contributed by atoms with Crippen molar-refractivity contribution in [2.24, 2.45) is 28.7 Å². The molecule has 8 heteroatoms. The molecular formula is C21H26BrIN4O2. The van der Waals surface area contributed by atoms with Crippen LogP contribution in [0, 0.1) is 23.7 Å². The molecular weight excluding hydrogens is 547 g/mol. The Morgan fingerprint density at radius 3 is 2.31 bits per heavy atom. The van der Waals surface area contributed by atoms with Gasteiger partial charge in [0.05, 0.1) is 18.4 Å². The molecule has 1 aromatic carbocycles. The maximum Gasteiger partial charge on any atom is 0.233 e. The number of rotatable bonds is 6. The van der Waals surface area contributed by atoms with Gasteiger partial charge in [0.25, 0.3) is 0 Å². The van der Waals surface area contributed by atoms with Crippen molar-refractivity contribution in [3.63, 3.8) is 0 Å². The lowest BCUT2D eigenvalue weighted by Gasteiger charge is -2.18. The van der Waals surface area contributed by atoms with E-state index in [0.29, 0.717) is 25.6 Å². The van der Waals surface area contributed by atoms with Crippen LogP contribution in [0.2, 0.25) is 0 Å². The average Bonchev–Trinajstić information content (AvgIpc) is 3.37. The predicted molar refractivity (Wildman–Crippen MR) is 127 cm³/mol. The zero-order valence-electron chi connectivity index (χ0n) is 16.3. The molecule has 1 heterocycles. The quantitative estimate of drug-likeness (QED) is 0.181. The summed E-state index contributed by atoms with van der Waals surface area (Å²) < 4.78 is 1.04. The molecule has 4 unspecified atom stereocenters. The Balaban J connectivity index is 0.00000240. The predicted octanol–water partition coefficient (Wildman–Crippen LogP) is 2.93. The Kier molecular flexibility index (Phi) is 7.37. The van der Waals surface area contributed by atoms with E-state index < -0.39 is 0 Å². The van der Waals surface area contributed by atoms with Crippen LogP contribution in [0.4, 0.5) is 0 Å². The third-order valence-electron chi connectivity index (χ3n) is 5.87. The maximum atomic E-state index is 12.7. The summed E-state index contributed by atoms with van der Waals surface area (Å²) >= 11 is 3.43. The number of nitrogens with zero attached hydrogens (tertiary/aromatic N) is 2. The molecule has 2 amide bonds. The van der Waals surface area contributed by atoms with Gasteiger partial charge in [-0.3, -0.25) is 14.5 Å². The first-order valence-corrected chi connectivity index (χ1v) is 10.7. The van der Waals surface area contributed by atoms with Crippen molar-refractivity contribution < 1.29 is 9.59 Å². The molecule has 1 aromatic rings. The van der Waals surface area contributed by atoms with E-state index in [1.54, 1.807) is 0 Å². The lowest BCUT2D eigenvalue weighted by Crippen LogP contribution is -2.43. The van der Waals surface area contributed by atoms with E-state index in [1.807, 2.05) is 31.2 Å². The standard InChI is InChI=1S/C21H25BrN4O2.HI/c1-2-23-21(25-12-13-3-7-16(22)8-4-13)24-9-10-26-19(27)17-14-5-6-15(11-14)18(17)20(26)28;/h3-8,14-15,17-18H,2,9-12H2,1H3,(H2,23,24,25);1H. The Labute approximate surface area is 196 Å². The molecule has 4 rings (SSSR count). The second-order valence-electron chi connectivity index (χ2n) is 7.58. The fourth-order valence-corrected chi connectivity index (χ4v) is 4.84. The zero-order valence-corrected chi connectivity index (χ0v) is 20.2. The highest BCUT2D eigenvalue weighted by molar-refractivity contribution is 14.0. The average molecular weight is 573 g/mol. The van der Waals surface area contributed by atoms with Crippen molar-refractivity contribution in [3.8, 4) is 0 Å². The number of carbonyl (C=O) groups is 2. The van der Waals surface area contributed by atoms with Crippen LogP contribution in [0.3, 0.4) is 0 Å². The second kappa shape index (κ2) is 9.59. The van der Waals surface area contributed by atoms with Gasteiger partial charge < -0.3 is 10.6 Å². The number of allylic oxidation sites excluding steroid dienone is 2. The Morgan fingerprint density at radius 2 is 1.72 bits per heavy atom. The molecule has 156 valence electrons. The number of halogens is 2. The highest BCUT2D eigenvalue weighted by Crippen LogP contribution is 2.52. The molecule has 1 saturated heterocycles. The third kappa shape index (κ3) is 4.52. The van der Waals surface area contributed by atoms with Crippen molar-refractivity contribution in [1.82, 2.24) is 15.5 Å². The van der Waals surface area contributed by atoms with Crippen molar-refractivity contribution >= 4 is 57.7 Å². The first kappa shape index (κ1) is 22.3. The summed E-state index contributed by atoms with van der Waals surface area (Å²) in [4.78, 5) is 31.5. The maximum absolute atomic E-state index is 12.7. The van der Waals surface area contributed by atoms with E-state index in [0.717, 1.165) is 23.0 Å². The number of nitrogens with one attached hydrogen (secondary N) is 2. The Morgan fingerprint density at radius 1 is 1.10 bits per heavy atom. The summed E-state index contributed by atoms with van der Waals surface area (Å²) in [5.41, 5.74) is 1.11. The Hall–Kier alpha value is -1.42. The summed E-state index contributed by atoms with van der Waals surface area (Å²) in [7, 11) is 0. The van der Waals surface area contributed by atoms with Crippen LogP contribution in [0.5, 0.6) is 0 Å². The van der Waals surface area contributed by atoms with Crippen LogP contribution in [-0.4, -0.2) is 42.3 Å². The molecule has 29 heavy (non-hydrogen) atoms. The molecule has 6 nitrogen and oxygen atoms in total. The molecule has 2 bridgehead atoms. The summed E-state index contributed by atoms with van der Waals surface area (Å²) in [5, 5.41) is 6.45. The molecule has 2 fully saturated rings. The molecule has 0 aromatic heterocycles. The monoisotopic (exact) mass is 572 g/mol. The lowest BCUT2D eigenvalue weighted by molar-refractivity contribution is -0.140. The number of carbonyl (C=O) groups excluding carboxylic acids is 2. The summed E-state index contributed by atoms with van der Waals surface area (Å²) in [5.74, 6) is 0.967. The van der Waals surface area contributed by atoms with Gasteiger partial charge in [-0.15, -0.1) is 24.0 Å². The first-order chi connectivity index (χ1) is 13.6. The van der Waals surface area contributed by atoms with Gasteiger partial charge in [-0.25, -0.2) is 4.99 Å². The topological polar surface area (TPSA) is 73.8 Å². The molecule has 2 N–H and O–H groups in total. The first-order valence-electron chi connectivity index (χ1n) is 9.88. The summed E-state index contributed by atoms with van der Waals surface area (Å²) in [6, 6.07) is 8.04. The van der Waals surface area contributed by atoms with Crippen molar-refractivity contribution in [2.75, 3.05) is 19.6 Å². The van der Waals surface area contributed by atoms with Crippen LogP contribution in [0.25, 0.3) is 0 Å². The van der Waals surface area contributed by atoms with E-state index in [-0.39, 0.29) is 59.5 Å². The normalized spacial score (nSPS) is 27.2. The number of hydrogen-bond donors (Lipinski definition) is 2. The number of fused-ring (bicyclic) bond motifs is 5. The lowest BCUT2D eigenvalue weighted by atomic mass is 9.85. The second-order valence-corrected chi connectivity index (χ2v) is 8.49. The third-order valence-corrected chi connectivity index (χ3v) is 6.40. The summed E-state index contributed by atoms with van der Waals surface area (Å²) in [6.45, 7) is 4.18. The Bertz CT molecular complexity index is 796. The number of hydrogen-bond acceptors (Lipinski definition) is 3. The molecule has 0 spiro atoms. The van der Waals surface area contributed by atoms with Crippen molar-refractivity contribution in [1.29, 1.82) is 0 Å². The van der Waals surface area contributed by atoms with E-state index >= 15 is 0 Å². The fourth-order valence-electron chi connectivity index (χ4n) is 4.57. The summed E-state index contributed by atoms with van der Waals surface area (Å²) in [6.07, 6.45) is 5.21. The smallest absolute Gasteiger partial charge is 0.233 e. The molecule has 2 aliphatic carbocycles. The number of amides is 2. The van der Waals surface area contributed by atoms with E-state index in [9.17, 15) is 9.59 Å². The van der Waals surface area contributed by atoms with Gasteiger partial charge in [0.15, 0.2) is 5.96 Å². The minimum Gasteiger partial charge on any atom is -0.357 e. The van der Waals surface area contributed by atoms with Gasteiger partial charge in [-0.2, -0.15) is 0 Å². The largest absolute Gasteiger partial charge is 0.357 e. The number of imide groups is 1. The molecule has 0 radical (unpaired) electrons. The van der Waals surface area contributed by atoms with Gasteiger partial charge in [0.2, 0.25) is 11.8 Å². The van der Waals surface area contributed by atoms with E-state index in [2.05, 4.69) is 43.7 Å². The van der Waals surface area contributed by atoms with Crippen LogP contribution in [-0.2, 0) is 16.1 Å². The van der Waals surface area contributed by atoms with Crippen LogP contribution >= 0.6 is 39.9 Å². The van der Waals surface area contributed by atoms with Crippen LogP contribution < -0.4 is 10.6 Å². The minimum absolute atomic E-state index is 0. The molecule has 1 aliphatic heterocycles. The SMILES string of the molecule is CCNC(=NCc1ccc(Br)cc1)NCCN1C(=O)C2C3C=CC(C3)C2C1=O.I. The van der Waals surface area contributed by atoms with Crippen molar-refractivity contribution in [2.45, 2.75) is 19.9 Å². The number of guanidine groups is 1. The molecule has 3 aliphatic rings. The highest BCUT2D eigenvalue weighted by Gasteiger charge is 2.58. The van der Waals surface area contributed by atoms with Gasteiger partial charge in [0, 0.05) is 24.1 Å². The van der Waals surface area contributed by atoms with E-state index in [4.69, 9.17) is 0 Å². The number of aliphatic imine (C=N–C) groups is 1. The highest BCUT2D eigenvalue weighted by atomic mass is 127. The van der Waals surface area contributed by atoms with Gasteiger partial charge in [0.1, 0.15) is 0 Å². The molecule has 1 saturated carbocycles. The van der Waals surface area contributed by atoms with Crippen LogP contribution in [0.1, 0.15) is 18.9 Å². The van der Waals surface area contributed by atoms with Crippen LogP contribution in [0.15, 0.2) is 45.9 Å². The minimum atomic E-state index is -0.123. The zero-order chi connectivity index (χ0) is 19.7. The number of likely N-dealkylation sites (tertiary alicyclic amines) is 1. The van der Waals surface area contributed by atoms with Gasteiger partial charge in [-0.1, -0.05) is 40.2 Å². The molecule has 4 atom stereocenters. The van der Waals surface area contributed by atoms with Gasteiger partial charge >= 0.3 is 0 Å². The number of benzene rings is 1. The van der Waals surface area contributed by atoms with Crippen molar-refractivity contribution in [3.05, 3.63) is 46.5 Å². The fraction of sp³-hybridized carbons (Fsp3) is 0.476.